The molecule has 112 valence electrons. The zero-order valence-electron chi connectivity index (χ0n) is 12.4. The van der Waals surface area contributed by atoms with Gasteiger partial charge in [0.1, 0.15) is 19.0 Å². The smallest absolute Gasteiger partial charge is 0.338 e. The van der Waals surface area contributed by atoms with E-state index in [4.69, 9.17) is 14.7 Å². The monoisotopic (exact) mass is 295 g/mol. The van der Waals surface area contributed by atoms with Crippen LogP contribution in [-0.2, 0) is 11.2 Å². The van der Waals surface area contributed by atoms with Crippen LogP contribution in [0.15, 0.2) is 48.5 Å². The summed E-state index contributed by atoms with van der Waals surface area (Å²) in [6.07, 6.45) is 0.949. The first kappa shape index (κ1) is 15.6. The zero-order chi connectivity index (χ0) is 15.8. The number of benzene rings is 2. The predicted octanol–water partition coefficient (Wildman–Crippen LogP) is 3.36. The van der Waals surface area contributed by atoms with Gasteiger partial charge in [-0.25, -0.2) is 4.79 Å². The van der Waals surface area contributed by atoms with Crippen LogP contribution in [0.1, 0.15) is 28.4 Å². The van der Waals surface area contributed by atoms with Gasteiger partial charge in [0.15, 0.2) is 0 Å². The maximum atomic E-state index is 11.8. The van der Waals surface area contributed by atoms with Crippen LogP contribution in [-0.4, -0.2) is 19.2 Å². The molecule has 0 N–H and O–H groups in total. The summed E-state index contributed by atoms with van der Waals surface area (Å²) in [6.45, 7) is 2.56. The summed E-state index contributed by atoms with van der Waals surface area (Å²) < 4.78 is 10.7. The van der Waals surface area contributed by atoms with Gasteiger partial charge < -0.3 is 9.47 Å². The highest BCUT2D eigenvalue weighted by Crippen LogP contribution is 2.13. The minimum atomic E-state index is -0.421. The predicted molar refractivity (Wildman–Crippen MR) is 82.8 cm³/mol. The van der Waals surface area contributed by atoms with Gasteiger partial charge in [-0.15, -0.1) is 0 Å². The van der Waals surface area contributed by atoms with Crippen LogP contribution in [0.3, 0.4) is 0 Å². The molecule has 0 bridgehead atoms. The van der Waals surface area contributed by atoms with Crippen LogP contribution in [0.25, 0.3) is 0 Å². The van der Waals surface area contributed by atoms with Crippen LogP contribution < -0.4 is 4.74 Å². The topological polar surface area (TPSA) is 59.3 Å². The molecule has 0 unspecified atom stereocenters. The van der Waals surface area contributed by atoms with Crippen LogP contribution >= 0.6 is 0 Å². The second-order valence-electron chi connectivity index (χ2n) is 4.67. The Morgan fingerprint density at radius 2 is 1.91 bits per heavy atom. The first-order chi connectivity index (χ1) is 10.7. The molecule has 0 aromatic heterocycles. The number of aryl methyl sites for hydroxylation is 1. The molecule has 22 heavy (non-hydrogen) atoms. The molecule has 0 aliphatic heterocycles. The van der Waals surface area contributed by atoms with E-state index in [1.165, 1.54) is 5.56 Å². The molecule has 0 radical (unpaired) electrons. The third-order valence-corrected chi connectivity index (χ3v) is 3.14. The number of hydrogen-bond acceptors (Lipinski definition) is 4. The number of carbonyl (C=O) groups is 1. The lowest BCUT2D eigenvalue weighted by Crippen LogP contribution is -2.12. The third-order valence-electron chi connectivity index (χ3n) is 3.14. The lowest BCUT2D eigenvalue weighted by Gasteiger charge is -2.08. The largest absolute Gasteiger partial charge is 0.490 e. The maximum Gasteiger partial charge on any atom is 0.338 e. The van der Waals surface area contributed by atoms with Crippen molar-refractivity contribution in [1.82, 2.24) is 0 Å². The van der Waals surface area contributed by atoms with E-state index in [0.29, 0.717) is 17.7 Å². The maximum absolute atomic E-state index is 11.8. The Bertz CT molecular complexity index is 671. The summed E-state index contributed by atoms with van der Waals surface area (Å²) >= 11 is 0. The van der Waals surface area contributed by atoms with E-state index >= 15 is 0 Å². The Morgan fingerprint density at radius 3 is 2.59 bits per heavy atom. The van der Waals surface area contributed by atoms with Gasteiger partial charge in [0.05, 0.1) is 17.2 Å². The first-order valence-corrected chi connectivity index (χ1v) is 7.12. The van der Waals surface area contributed by atoms with Crippen LogP contribution in [0.4, 0.5) is 0 Å². The van der Waals surface area contributed by atoms with Crippen LogP contribution in [0, 0.1) is 11.3 Å². The minimum Gasteiger partial charge on any atom is -0.490 e. The number of carbonyl (C=O) groups excluding carboxylic acids is 1. The van der Waals surface area contributed by atoms with Gasteiger partial charge in [-0.3, -0.25) is 0 Å². The van der Waals surface area contributed by atoms with Gasteiger partial charge in [0.25, 0.3) is 0 Å². The fourth-order valence-corrected chi connectivity index (χ4v) is 1.91. The average molecular weight is 295 g/mol. The molecule has 4 heteroatoms. The molecule has 0 saturated carbocycles. The van der Waals surface area contributed by atoms with Crippen LogP contribution in [0.2, 0.25) is 0 Å². The Balaban J connectivity index is 1.78. The lowest BCUT2D eigenvalue weighted by molar-refractivity contribution is 0.0450. The summed E-state index contributed by atoms with van der Waals surface area (Å²) in [4.78, 5) is 11.8. The molecule has 0 fully saturated rings. The minimum absolute atomic E-state index is 0.176. The number of esters is 1. The Hall–Kier alpha value is -2.80. The van der Waals surface area contributed by atoms with Gasteiger partial charge in [0, 0.05) is 0 Å². The van der Waals surface area contributed by atoms with E-state index in [1.54, 1.807) is 24.3 Å². The van der Waals surface area contributed by atoms with E-state index in [9.17, 15) is 4.79 Å². The molecule has 4 nitrogen and oxygen atoms in total. The number of nitriles is 1. The summed E-state index contributed by atoms with van der Waals surface area (Å²) in [7, 11) is 0. The number of hydrogen-bond donors (Lipinski definition) is 0. The lowest BCUT2D eigenvalue weighted by atomic mass is 10.1. The second-order valence-corrected chi connectivity index (χ2v) is 4.67. The van der Waals surface area contributed by atoms with Gasteiger partial charge in [-0.05, 0) is 48.4 Å². The van der Waals surface area contributed by atoms with Crippen molar-refractivity contribution < 1.29 is 14.3 Å². The summed E-state index contributed by atoms with van der Waals surface area (Å²) in [5.41, 5.74) is 2.13. The summed E-state index contributed by atoms with van der Waals surface area (Å²) in [6, 6.07) is 16.2. The second kappa shape index (κ2) is 7.84. The summed E-state index contributed by atoms with van der Waals surface area (Å²) in [5, 5.41) is 8.70. The van der Waals surface area contributed by atoms with E-state index in [1.807, 2.05) is 30.3 Å². The van der Waals surface area contributed by atoms with Gasteiger partial charge >= 0.3 is 5.97 Å². The number of rotatable bonds is 6. The highest BCUT2D eigenvalue weighted by Gasteiger charge is 2.06. The van der Waals surface area contributed by atoms with Gasteiger partial charge in [0.2, 0.25) is 0 Å². The van der Waals surface area contributed by atoms with Crippen molar-refractivity contribution in [3.05, 3.63) is 65.2 Å². The molecular weight excluding hydrogens is 278 g/mol. The van der Waals surface area contributed by atoms with Crippen molar-refractivity contribution >= 4 is 5.97 Å². The van der Waals surface area contributed by atoms with E-state index in [-0.39, 0.29) is 6.61 Å². The van der Waals surface area contributed by atoms with E-state index < -0.39 is 5.97 Å². The van der Waals surface area contributed by atoms with Crippen molar-refractivity contribution in [2.24, 2.45) is 0 Å². The molecule has 0 aliphatic rings. The standard InChI is InChI=1S/C18H17NO3/c1-2-14-4-3-5-17(12-14)21-10-11-22-18(20)16-8-6-15(13-19)7-9-16/h3-9,12H,2,10-11H2,1H3. The highest BCUT2D eigenvalue weighted by atomic mass is 16.6. The summed E-state index contributed by atoms with van der Waals surface area (Å²) in [5.74, 6) is 0.351. The molecule has 0 spiro atoms. The van der Waals surface area contributed by atoms with Crippen molar-refractivity contribution in [2.75, 3.05) is 13.2 Å². The van der Waals surface area contributed by atoms with Gasteiger partial charge in [-0.2, -0.15) is 5.26 Å². The number of nitrogens with zero attached hydrogens (tertiary/aromatic N) is 1. The van der Waals surface area contributed by atoms with Crippen molar-refractivity contribution in [3.63, 3.8) is 0 Å². The highest BCUT2D eigenvalue weighted by molar-refractivity contribution is 5.89. The van der Waals surface area contributed by atoms with E-state index in [2.05, 4.69) is 6.92 Å². The molecule has 2 rings (SSSR count). The molecule has 2 aromatic rings. The number of ether oxygens (including phenoxy) is 2. The molecule has 0 heterocycles. The molecule has 0 aliphatic carbocycles. The quantitative estimate of drug-likeness (QED) is 0.605. The normalized spacial score (nSPS) is 9.82. The Morgan fingerprint density at radius 1 is 1.14 bits per heavy atom. The van der Waals surface area contributed by atoms with E-state index in [0.717, 1.165) is 12.2 Å². The first-order valence-electron chi connectivity index (χ1n) is 7.12. The van der Waals surface area contributed by atoms with Crippen molar-refractivity contribution in [1.29, 1.82) is 5.26 Å². The fraction of sp³-hybridized carbons (Fsp3) is 0.222. The van der Waals surface area contributed by atoms with Gasteiger partial charge in [-0.1, -0.05) is 19.1 Å². The average Bonchev–Trinajstić information content (AvgIpc) is 2.58. The third kappa shape index (κ3) is 4.35. The Kier molecular flexibility index (Phi) is 5.56. The molecule has 0 saturated heterocycles. The van der Waals surface area contributed by atoms with Crippen LogP contribution in [0.5, 0.6) is 5.75 Å². The Labute approximate surface area is 129 Å². The molecule has 0 amide bonds. The van der Waals surface area contributed by atoms with Crippen molar-refractivity contribution in [2.45, 2.75) is 13.3 Å². The molecule has 2 aromatic carbocycles. The van der Waals surface area contributed by atoms with Crippen molar-refractivity contribution in [3.8, 4) is 11.8 Å². The fourth-order valence-electron chi connectivity index (χ4n) is 1.91. The SMILES string of the molecule is CCc1cccc(OCCOC(=O)c2ccc(C#N)cc2)c1. The zero-order valence-corrected chi connectivity index (χ0v) is 12.4. The molecule has 0 atom stereocenters. The molecular formula is C18H17NO3.